The Bertz CT molecular complexity index is 704. The quantitative estimate of drug-likeness (QED) is 0.757. The third-order valence-electron chi connectivity index (χ3n) is 6.30. The SMILES string of the molecule is O=C1CC[C@H](c2ccnc(N3CCCN(CC4CCNCC4)CC3)c2)C(=O)N1. The Labute approximate surface area is 166 Å². The molecule has 0 unspecified atom stereocenters. The number of rotatable bonds is 4. The Morgan fingerprint density at radius 3 is 2.75 bits per heavy atom. The molecule has 1 atom stereocenters. The van der Waals surface area contributed by atoms with Gasteiger partial charge in [0.15, 0.2) is 0 Å². The summed E-state index contributed by atoms with van der Waals surface area (Å²) in [6, 6.07) is 3.95. The van der Waals surface area contributed by atoms with Crippen molar-refractivity contribution in [1.82, 2.24) is 20.5 Å². The summed E-state index contributed by atoms with van der Waals surface area (Å²) in [5.41, 5.74) is 0.964. The number of imide groups is 1. The van der Waals surface area contributed by atoms with Crippen LogP contribution in [0.1, 0.15) is 43.6 Å². The number of carbonyl (C=O) groups excluding carboxylic acids is 2. The molecular weight excluding hydrogens is 354 g/mol. The van der Waals surface area contributed by atoms with E-state index in [1.807, 2.05) is 12.1 Å². The Morgan fingerprint density at radius 2 is 1.93 bits per heavy atom. The summed E-state index contributed by atoms with van der Waals surface area (Å²) in [5, 5.41) is 5.91. The fourth-order valence-electron chi connectivity index (χ4n) is 4.65. The van der Waals surface area contributed by atoms with Crippen molar-refractivity contribution < 1.29 is 9.59 Å². The average Bonchev–Trinajstić information content (AvgIpc) is 2.94. The summed E-state index contributed by atoms with van der Waals surface area (Å²) < 4.78 is 0. The molecule has 0 aliphatic carbocycles. The van der Waals surface area contributed by atoms with Gasteiger partial charge in [0.05, 0.1) is 5.92 Å². The molecule has 2 amide bonds. The number of piperidine rings is 2. The first-order valence-corrected chi connectivity index (χ1v) is 10.7. The third kappa shape index (κ3) is 4.70. The second kappa shape index (κ2) is 9.01. The Kier molecular flexibility index (Phi) is 6.22. The lowest BCUT2D eigenvalue weighted by Gasteiger charge is -2.29. The standard InChI is InChI=1S/C21H31N5O2/c27-20-3-2-18(21(28)24-20)17-6-9-23-19(14-17)26-11-1-10-25(12-13-26)15-16-4-7-22-8-5-16/h6,9,14,16,18,22H,1-5,7-8,10-13,15H2,(H,24,27,28)/t18-/m1/s1. The highest BCUT2D eigenvalue weighted by Crippen LogP contribution is 2.27. The first-order chi connectivity index (χ1) is 13.7. The van der Waals surface area contributed by atoms with Crippen LogP contribution in [0.15, 0.2) is 18.3 Å². The van der Waals surface area contributed by atoms with E-state index in [0.717, 1.165) is 63.0 Å². The minimum absolute atomic E-state index is 0.170. The van der Waals surface area contributed by atoms with Gasteiger partial charge in [-0.1, -0.05) is 0 Å². The van der Waals surface area contributed by atoms with E-state index in [4.69, 9.17) is 0 Å². The lowest BCUT2D eigenvalue weighted by atomic mass is 9.91. The van der Waals surface area contributed by atoms with E-state index in [-0.39, 0.29) is 17.7 Å². The zero-order chi connectivity index (χ0) is 19.3. The van der Waals surface area contributed by atoms with Crippen molar-refractivity contribution in [2.45, 2.75) is 38.0 Å². The zero-order valence-corrected chi connectivity index (χ0v) is 16.5. The Balaban J connectivity index is 1.37. The predicted octanol–water partition coefficient (Wildman–Crippen LogP) is 1.11. The molecule has 3 aliphatic rings. The number of carbonyl (C=O) groups is 2. The normalized spacial score (nSPS) is 25.4. The summed E-state index contributed by atoms with van der Waals surface area (Å²) in [6.07, 6.45) is 6.49. The maximum absolute atomic E-state index is 12.2. The molecule has 3 aliphatic heterocycles. The van der Waals surface area contributed by atoms with Crippen LogP contribution in [0.4, 0.5) is 5.82 Å². The summed E-state index contributed by atoms with van der Waals surface area (Å²) in [4.78, 5) is 33.2. The van der Waals surface area contributed by atoms with Crippen molar-refractivity contribution in [3.05, 3.63) is 23.9 Å². The van der Waals surface area contributed by atoms with E-state index < -0.39 is 0 Å². The van der Waals surface area contributed by atoms with E-state index in [0.29, 0.717) is 12.8 Å². The minimum atomic E-state index is -0.247. The first kappa shape index (κ1) is 19.3. The molecule has 2 N–H and O–H groups in total. The van der Waals surface area contributed by atoms with E-state index in [2.05, 4.69) is 25.4 Å². The summed E-state index contributed by atoms with van der Waals surface area (Å²) >= 11 is 0. The topological polar surface area (TPSA) is 77.6 Å². The van der Waals surface area contributed by atoms with Gasteiger partial charge in [-0.15, -0.1) is 0 Å². The molecule has 7 heteroatoms. The largest absolute Gasteiger partial charge is 0.355 e. The molecular formula is C21H31N5O2. The van der Waals surface area contributed by atoms with Crippen LogP contribution in [0.2, 0.25) is 0 Å². The number of amides is 2. The molecule has 0 bridgehead atoms. The first-order valence-electron chi connectivity index (χ1n) is 10.7. The van der Waals surface area contributed by atoms with Crippen LogP contribution in [-0.4, -0.2) is 67.5 Å². The number of aromatic nitrogens is 1. The van der Waals surface area contributed by atoms with Crippen LogP contribution < -0.4 is 15.5 Å². The highest BCUT2D eigenvalue weighted by molar-refractivity contribution is 6.00. The second-order valence-electron chi connectivity index (χ2n) is 8.29. The van der Waals surface area contributed by atoms with Gasteiger partial charge in [0.1, 0.15) is 5.82 Å². The molecule has 152 valence electrons. The summed E-state index contributed by atoms with van der Waals surface area (Å²) in [7, 11) is 0. The van der Waals surface area contributed by atoms with Gasteiger partial charge in [0, 0.05) is 38.8 Å². The van der Waals surface area contributed by atoms with Gasteiger partial charge in [-0.05, 0) is 68.9 Å². The lowest BCUT2D eigenvalue weighted by molar-refractivity contribution is -0.134. The van der Waals surface area contributed by atoms with Crippen LogP contribution in [0, 0.1) is 5.92 Å². The molecule has 0 radical (unpaired) electrons. The third-order valence-corrected chi connectivity index (χ3v) is 6.30. The van der Waals surface area contributed by atoms with Gasteiger partial charge in [0.25, 0.3) is 0 Å². The number of anilines is 1. The molecule has 1 aromatic rings. The molecule has 0 spiro atoms. The molecule has 4 rings (SSSR count). The smallest absolute Gasteiger partial charge is 0.234 e. The van der Waals surface area contributed by atoms with Crippen LogP contribution in [0.3, 0.4) is 0 Å². The minimum Gasteiger partial charge on any atom is -0.355 e. The molecule has 3 fully saturated rings. The maximum atomic E-state index is 12.2. The van der Waals surface area contributed by atoms with Gasteiger partial charge in [-0.2, -0.15) is 0 Å². The number of nitrogens with zero attached hydrogens (tertiary/aromatic N) is 3. The maximum Gasteiger partial charge on any atom is 0.234 e. The fraction of sp³-hybridized carbons (Fsp3) is 0.667. The molecule has 7 nitrogen and oxygen atoms in total. The molecule has 3 saturated heterocycles. The summed E-state index contributed by atoms with van der Waals surface area (Å²) in [5.74, 6) is 1.17. The van der Waals surface area contributed by atoms with E-state index in [1.165, 1.54) is 19.4 Å². The second-order valence-corrected chi connectivity index (χ2v) is 8.29. The fourth-order valence-corrected chi connectivity index (χ4v) is 4.65. The van der Waals surface area contributed by atoms with Crippen molar-refractivity contribution in [1.29, 1.82) is 0 Å². The average molecular weight is 386 g/mol. The van der Waals surface area contributed by atoms with E-state index >= 15 is 0 Å². The van der Waals surface area contributed by atoms with Crippen molar-refractivity contribution >= 4 is 17.6 Å². The van der Waals surface area contributed by atoms with Crippen molar-refractivity contribution in [2.24, 2.45) is 5.92 Å². The predicted molar refractivity (Wildman–Crippen MR) is 108 cm³/mol. The highest BCUT2D eigenvalue weighted by atomic mass is 16.2. The summed E-state index contributed by atoms with van der Waals surface area (Å²) in [6.45, 7) is 7.69. The molecule has 28 heavy (non-hydrogen) atoms. The lowest BCUT2D eigenvalue weighted by Crippen LogP contribution is -2.39. The highest BCUT2D eigenvalue weighted by Gasteiger charge is 2.28. The van der Waals surface area contributed by atoms with Crippen LogP contribution in [-0.2, 0) is 9.59 Å². The van der Waals surface area contributed by atoms with Gasteiger partial charge >= 0.3 is 0 Å². The van der Waals surface area contributed by atoms with Gasteiger partial charge in [0.2, 0.25) is 11.8 Å². The number of pyridine rings is 1. The molecule has 4 heterocycles. The molecule has 1 aromatic heterocycles. The molecule has 0 aromatic carbocycles. The van der Waals surface area contributed by atoms with E-state index in [1.54, 1.807) is 6.20 Å². The van der Waals surface area contributed by atoms with Gasteiger partial charge in [-0.3, -0.25) is 14.9 Å². The van der Waals surface area contributed by atoms with Gasteiger partial charge in [-0.25, -0.2) is 4.98 Å². The number of hydrogen-bond donors (Lipinski definition) is 2. The van der Waals surface area contributed by atoms with Crippen LogP contribution in [0.5, 0.6) is 0 Å². The van der Waals surface area contributed by atoms with E-state index in [9.17, 15) is 9.59 Å². The van der Waals surface area contributed by atoms with Crippen molar-refractivity contribution in [3.8, 4) is 0 Å². The van der Waals surface area contributed by atoms with Crippen molar-refractivity contribution in [2.75, 3.05) is 50.7 Å². The number of nitrogens with one attached hydrogen (secondary N) is 2. The van der Waals surface area contributed by atoms with Crippen LogP contribution >= 0.6 is 0 Å². The van der Waals surface area contributed by atoms with Crippen LogP contribution in [0.25, 0.3) is 0 Å². The van der Waals surface area contributed by atoms with Gasteiger partial charge < -0.3 is 15.1 Å². The Hall–Kier alpha value is -1.99. The molecule has 0 saturated carbocycles. The zero-order valence-electron chi connectivity index (χ0n) is 16.5. The monoisotopic (exact) mass is 385 g/mol. The van der Waals surface area contributed by atoms with Crippen molar-refractivity contribution in [3.63, 3.8) is 0 Å². The number of hydrogen-bond acceptors (Lipinski definition) is 6. The Morgan fingerprint density at radius 1 is 1.07 bits per heavy atom.